The predicted molar refractivity (Wildman–Crippen MR) is 90.9 cm³/mol. The molecule has 0 aliphatic carbocycles. The van der Waals surface area contributed by atoms with E-state index in [1.165, 1.54) is 16.7 Å². The SMILES string of the molecule is O=C(CCCn1c(=O)oc2ccccc21)OCc1cccc(C(F)(F)F)c1. The fourth-order valence-corrected chi connectivity index (χ4v) is 2.68. The summed E-state index contributed by atoms with van der Waals surface area (Å²) in [7, 11) is 0. The molecular weight excluding hydrogens is 363 g/mol. The van der Waals surface area contributed by atoms with E-state index in [2.05, 4.69) is 0 Å². The van der Waals surface area contributed by atoms with Gasteiger partial charge >= 0.3 is 17.9 Å². The second-order valence-corrected chi connectivity index (χ2v) is 5.95. The molecule has 0 aliphatic heterocycles. The lowest BCUT2D eigenvalue weighted by atomic mass is 10.1. The number of carbonyl (C=O) groups excluding carboxylic acids is 1. The van der Waals surface area contributed by atoms with E-state index in [0.717, 1.165) is 12.1 Å². The Morgan fingerprint density at radius 1 is 1.11 bits per heavy atom. The number of hydrogen-bond acceptors (Lipinski definition) is 4. The molecule has 3 aromatic rings. The van der Waals surface area contributed by atoms with Crippen LogP contribution in [-0.2, 0) is 28.9 Å². The highest BCUT2D eigenvalue weighted by molar-refractivity contribution is 5.72. The van der Waals surface area contributed by atoms with Crippen LogP contribution in [0.1, 0.15) is 24.0 Å². The molecule has 5 nitrogen and oxygen atoms in total. The van der Waals surface area contributed by atoms with Gasteiger partial charge in [0.05, 0.1) is 11.1 Å². The van der Waals surface area contributed by atoms with Crippen LogP contribution >= 0.6 is 0 Å². The number of aryl methyl sites for hydroxylation is 1. The Balaban J connectivity index is 1.52. The van der Waals surface area contributed by atoms with Crippen LogP contribution < -0.4 is 5.76 Å². The number of nitrogens with zero attached hydrogens (tertiary/aromatic N) is 1. The van der Waals surface area contributed by atoms with Gasteiger partial charge in [-0.15, -0.1) is 0 Å². The van der Waals surface area contributed by atoms with Crippen molar-refractivity contribution in [3.63, 3.8) is 0 Å². The number of fused-ring (bicyclic) bond motifs is 1. The van der Waals surface area contributed by atoms with E-state index in [9.17, 15) is 22.8 Å². The highest BCUT2D eigenvalue weighted by atomic mass is 19.4. The van der Waals surface area contributed by atoms with E-state index in [1.54, 1.807) is 24.3 Å². The Kier molecular flexibility index (Phi) is 5.34. The van der Waals surface area contributed by atoms with Crippen LogP contribution in [0.4, 0.5) is 13.2 Å². The zero-order chi connectivity index (χ0) is 19.4. The van der Waals surface area contributed by atoms with Crippen molar-refractivity contribution in [3.8, 4) is 0 Å². The molecule has 142 valence electrons. The van der Waals surface area contributed by atoms with E-state index in [1.807, 2.05) is 0 Å². The van der Waals surface area contributed by atoms with Gasteiger partial charge in [0.25, 0.3) is 0 Å². The lowest BCUT2D eigenvalue weighted by molar-refractivity contribution is -0.145. The molecular formula is C19H16F3NO4. The maximum absolute atomic E-state index is 12.7. The first kappa shape index (κ1) is 18.8. The Bertz CT molecular complexity index is 1000. The van der Waals surface area contributed by atoms with Crippen LogP contribution in [0.2, 0.25) is 0 Å². The summed E-state index contributed by atoms with van der Waals surface area (Å²) >= 11 is 0. The van der Waals surface area contributed by atoms with Crippen LogP contribution in [0.25, 0.3) is 11.1 Å². The van der Waals surface area contributed by atoms with Crippen LogP contribution in [0.5, 0.6) is 0 Å². The van der Waals surface area contributed by atoms with Gasteiger partial charge in [0.2, 0.25) is 0 Å². The number of hydrogen-bond donors (Lipinski definition) is 0. The highest BCUT2D eigenvalue weighted by Gasteiger charge is 2.30. The molecule has 3 rings (SSSR count). The molecule has 0 saturated heterocycles. The van der Waals surface area contributed by atoms with Crippen molar-refractivity contribution in [2.75, 3.05) is 0 Å². The van der Waals surface area contributed by atoms with Gasteiger partial charge < -0.3 is 9.15 Å². The molecule has 0 N–H and O–H groups in total. The van der Waals surface area contributed by atoms with Crippen LogP contribution in [0.15, 0.2) is 57.7 Å². The molecule has 0 spiro atoms. The average Bonchev–Trinajstić information content (AvgIpc) is 2.95. The first-order valence-electron chi connectivity index (χ1n) is 8.25. The smallest absolute Gasteiger partial charge is 0.419 e. The first-order chi connectivity index (χ1) is 12.8. The first-order valence-corrected chi connectivity index (χ1v) is 8.25. The number of alkyl halides is 3. The standard InChI is InChI=1S/C19H16F3NO4/c20-19(21,22)14-6-3-5-13(11-14)12-26-17(24)9-4-10-23-15-7-1-2-8-16(15)27-18(23)25/h1-3,5-8,11H,4,9-10,12H2. The lowest BCUT2D eigenvalue weighted by Crippen LogP contribution is -2.15. The number of halogens is 3. The number of carbonyl (C=O) groups is 1. The number of benzene rings is 2. The predicted octanol–water partition coefficient (Wildman–Crippen LogP) is 4.14. The summed E-state index contributed by atoms with van der Waals surface area (Å²) < 4.78 is 49.5. The van der Waals surface area contributed by atoms with Gasteiger partial charge in [-0.2, -0.15) is 13.2 Å². The van der Waals surface area contributed by atoms with Gasteiger partial charge in [0.15, 0.2) is 5.58 Å². The molecule has 2 aromatic carbocycles. The minimum atomic E-state index is -4.44. The summed E-state index contributed by atoms with van der Waals surface area (Å²) in [6.07, 6.45) is -4.07. The zero-order valence-corrected chi connectivity index (χ0v) is 14.2. The third-order valence-corrected chi connectivity index (χ3v) is 3.99. The fraction of sp³-hybridized carbons (Fsp3) is 0.263. The van der Waals surface area contributed by atoms with Gasteiger partial charge in [0, 0.05) is 13.0 Å². The van der Waals surface area contributed by atoms with Crippen molar-refractivity contribution in [1.29, 1.82) is 0 Å². The summed E-state index contributed by atoms with van der Waals surface area (Å²) in [5.74, 6) is -1.05. The van der Waals surface area contributed by atoms with E-state index in [-0.39, 0.29) is 25.1 Å². The molecule has 0 radical (unpaired) electrons. The molecule has 8 heteroatoms. The van der Waals surface area contributed by atoms with Crippen molar-refractivity contribution in [2.24, 2.45) is 0 Å². The van der Waals surface area contributed by atoms with Crippen molar-refractivity contribution < 1.29 is 27.1 Å². The molecule has 0 amide bonds. The summed E-state index contributed by atoms with van der Waals surface area (Å²) in [6.45, 7) is 0.0336. The number of esters is 1. The highest BCUT2D eigenvalue weighted by Crippen LogP contribution is 2.29. The van der Waals surface area contributed by atoms with Crippen molar-refractivity contribution in [3.05, 3.63) is 70.2 Å². The molecule has 0 unspecified atom stereocenters. The van der Waals surface area contributed by atoms with Crippen LogP contribution in [0, 0.1) is 0 Å². The quantitative estimate of drug-likeness (QED) is 0.604. The molecule has 0 saturated carbocycles. The number of oxazole rings is 1. The van der Waals surface area contributed by atoms with Gasteiger partial charge in [-0.1, -0.05) is 24.3 Å². The van der Waals surface area contributed by atoms with Gasteiger partial charge in [0.1, 0.15) is 6.61 Å². The molecule has 0 fully saturated rings. The van der Waals surface area contributed by atoms with Crippen molar-refractivity contribution in [1.82, 2.24) is 4.57 Å². The maximum Gasteiger partial charge on any atom is 0.419 e. The summed E-state index contributed by atoms with van der Waals surface area (Å²) in [5, 5.41) is 0. The Morgan fingerprint density at radius 3 is 2.67 bits per heavy atom. The number of ether oxygens (including phenoxy) is 1. The average molecular weight is 379 g/mol. The molecule has 0 atom stereocenters. The largest absolute Gasteiger partial charge is 0.461 e. The number of para-hydroxylation sites is 2. The van der Waals surface area contributed by atoms with Gasteiger partial charge in [-0.25, -0.2) is 4.79 Å². The summed E-state index contributed by atoms with van der Waals surface area (Å²) in [6, 6.07) is 11.6. The Hall–Kier alpha value is -3.03. The third kappa shape index (κ3) is 4.58. The van der Waals surface area contributed by atoms with Crippen LogP contribution in [0.3, 0.4) is 0 Å². The normalized spacial score (nSPS) is 11.7. The summed E-state index contributed by atoms with van der Waals surface area (Å²) in [5.41, 5.74) is 0.576. The summed E-state index contributed by atoms with van der Waals surface area (Å²) in [4.78, 5) is 23.6. The second kappa shape index (κ2) is 7.69. The zero-order valence-electron chi connectivity index (χ0n) is 14.2. The Morgan fingerprint density at radius 2 is 1.89 bits per heavy atom. The molecule has 1 aromatic heterocycles. The second-order valence-electron chi connectivity index (χ2n) is 5.95. The molecule has 1 heterocycles. The van der Waals surface area contributed by atoms with E-state index < -0.39 is 23.5 Å². The maximum atomic E-state index is 12.7. The lowest BCUT2D eigenvalue weighted by Gasteiger charge is -2.09. The monoisotopic (exact) mass is 379 g/mol. The van der Waals surface area contributed by atoms with Gasteiger partial charge in [-0.05, 0) is 36.2 Å². The van der Waals surface area contributed by atoms with Gasteiger partial charge in [-0.3, -0.25) is 9.36 Å². The van der Waals surface area contributed by atoms with E-state index >= 15 is 0 Å². The van der Waals surface area contributed by atoms with E-state index in [4.69, 9.17) is 9.15 Å². The van der Waals surface area contributed by atoms with E-state index in [0.29, 0.717) is 17.5 Å². The number of rotatable bonds is 6. The molecule has 27 heavy (non-hydrogen) atoms. The fourth-order valence-electron chi connectivity index (χ4n) is 2.68. The topological polar surface area (TPSA) is 61.4 Å². The van der Waals surface area contributed by atoms with Crippen LogP contribution in [-0.4, -0.2) is 10.5 Å². The van der Waals surface area contributed by atoms with Crippen molar-refractivity contribution >= 4 is 17.1 Å². The minimum absolute atomic E-state index is 0.0326. The Labute approximate surface area is 152 Å². The third-order valence-electron chi connectivity index (χ3n) is 3.99. The van der Waals surface area contributed by atoms with Crippen molar-refractivity contribution in [2.45, 2.75) is 32.2 Å². The number of aromatic nitrogens is 1. The minimum Gasteiger partial charge on any atom is -0.461 e. The molecule has 0 bridgehead atoms. The molecule has 0 aliphatic rings.